The second-order valence-corrected chi connectivity index (χ2v) is 5.08. The maximum atomic E-state index is 11.0. The number of ether oxygens (including phenoxy) is 2. The normalized spacial score (nSPS) is 17.2. The summed E-state index contributed by atoms with van der Waals surface area (Å²) in [6.07, 6.45) is 1.30. The van der Waals surface area contributed by atoms with Crippen LogP contribution in [0.2, 0.25) is 0 Å². The molecule has 0 amide bonds. The Bertz CT molecular complexity index is 500. The van der Waals surface area contributed by atoms with Crippen molar-refractivity contribution in [3.05, 3.63) is 28.3 Å². The fourth-order valence-electron chi connectivity index (χ4n) is 2.40. The summed E-state index contributed by atoms with van der Waals surface area (Å²) in [4.78, 5) is 10.5. The lowest BCUT2D eigenvalue weighted by atomic mass is 9.90. The highest BCUT2D eigenvalue weighted by Crippen LogP contribution is 2.31. The van der Waals surface area contributed by atoms with Crippen molar-refractivity contribution in [2.24, 2.45) is 0 Å². The topological polar surface area (TPSA) is 93.9 Å². The summed E-state index contributed by atoms with van der Waals surface area (Å²) in [7, 11) is 0. The van der Waals surface area contributed by atoms with Gasteiger partial charge in [0.15, 0.2) is 0 Å². The minimum atomic E-state index is -0.503. The highest BCUT2D eigenvalue weighted by atomic mass is 16.6. The van der Waals surface area contributed by atoms with Gasteiger partial charge < -0.3 is 19.9 Å². The van der Waals surface area contributed by atoms with Crippen molar-refractivity contribution in [2.45, 2.75) is 25.3 Å². The van der Waals surface area contributed by atoms with Crippen molar-refractivity contribution < 1.29 is 19.5 Å². The number of rotatable bonds is 6. The van der Waals surface area contributed by atoms with Crippen molar-refractivity contribution in [1.29, 1.82) is 0 Å². The highest BCUT2D eigenvalue weighted by Gasteiger charge is 2.32. The Balaban J connectivity index is 2.26. The molecule has 1 fully saturated rings. The molecular formula is C14H20N2O5. The van der Waals surface area contributed by atoms with E-state index < -0.39 is 10.5 Å². The zero-order valence-corrected chi connectivity index (χ0v) is 12.0. The molecule has 2 rings (SSSR count). The van der Waals surface area contributed by atoms with Gasteiger partial charge in [-0.25, -0.2) is 0 Å². The van der Waals surface area contributed by atoms with Crippen LogP contribution in [0.1, 0.15) is 19.8 Å². The van der Waals surface area contributed by atoms with E-state index in [-0.39, 0.29) is 12.3 Å². The summed E-state index contributed by atoms with van der Waals surface area (Å²) in [5.74, 6) is 0.439. The molecule has 116 valence electrons. The van der Waals surface area contributed by atoms with Crippen molar-refractivity contribution in [2.75, 3.05) is 31.7 Å². The first-order valence-electron chi connectivity index (χ1n) is 6.97. The minimum absolute atomic E-state index is 0.0383. The second-order valence-electron chi connectivity index (χ2n) is 5.08. The number of hydrogen-bond acceptors (Lipinski definition) is 6. The third-order valence-electron chi connectivity index (χ3n) is 3.58. The molecule has 0 radical (unpaired) electrons. The Kier molecular flexibility index (Phi) is 4.98. The number of nitrogens with zero attached hydrogens (tertiary/aromatic N) is 1. The average molecular weight is 296 g/mol. The van der Waals surface area contributed by atoms with E-state index >= 15 is 0 Å². The van der Waals surface area contributed by atoms with Gasteiger partial charge in [-0.15, -0.1) is 0 Å². The maximum absolute atomic E-state index is 11.0. The molecular weight excluding hydrogens is 276 g/mol. The van der Waals surface area contributed by atoms with Gasteiger partial charge in [-0.1, -0.05) is 0 Å². The quantitative estimate of drug-likeness (QED) is 0.615. The van der Waals surface area contributed by atoms with Crippen LogP contribution in [0, 0.1) is 10.1 Å². The van der Waals surface area contributed by atoms with Crippen molar-refractivity contribution in [1.82, 2.24) is 0 Å². The number of aliphatic hydroxyl groups excluding tert-OH is 1. The predicted octanol–water partition coefficient (Wildman–Crippen LogP) is 1.95. The van der Waals surface area contributed by atoms with E-state index in [9.17, 15) is 15.2 Å². The fraction of sp³-hybridized carbons (Fsp3) is 0.571. The Hall–Kier alpha value is -1.86. The van der Waals surface area contributed by atoms with E-state index in [2.05, 4.69) is 5.32 Å². The van der Waals surface area contributed by atoms with Gasteiger partial charge >= 0.3 is 0 Å². The van der Waals surface area contributed by atoms with Crippen LogP contribution in [-0.2, 0) is 4.74 Å². The third kappa shape index (κ3) is 3.83. The van der Waals surface area contributed by atoms with Gasteiger partial charge in [0.05, 0.1) is 29.7 Å². The third-order valence-corrected chi connectivity index (χ3v) is 3.58. The molecule has 2 N–H and O–H groups in total. The van der Waals surface area contributed by atoms with Crippen molar-refractivity contribution >= 4 is 11.4 Å². The minimum Gasteiger partial charge on any atom is -0.494 e. The smallest absolute Gasteiger partial charge is 0.275 e. The molecule has 1 saturated heterocycles. The standard InChI is InChI=1S/C14H20N2O5/c1-2-21-13-8-11(7-12(9-13)16(18)19)15-14(10-17)3-5-20-6-4-14/h7-9,15,17H,2-6,10H2,1H3. The van der Waals surface area contributed by atoms with Crippen LogP contribution in [0.4, 0.5) is 11.4 Å². The predicted molar refractivity (Wildman–Crippen MR) is 77.8 cm³/mol. The van der Waals surface area contributed by atoms with Gasteiger partial charge in [-0.05, 0) is 19.8 Å². The lowest BCUT2D eigenvalue weighted by Crippen LogP contribution is -2.46. The number of benzene rings is 1. The number of aliphatic hydroxyl groups is 1. The Morgan fingerprint density at radius 1 is 1.43 bits per heavy atom. The van der Waals surface area contributed by atoms with E-state index in [4.69, 9.17) is 9.47 Å². The van der Waals surface area contributed by atoms with Crippen LogP contribution < -0.4 is 10.1 Å². The van der Waals surface area contributed by atoms with E-state index in [1.165, 1.54) is 12.1 Å². The lowest BCUT2D eigenvalue weighted by Gasteiger charge is -2.37. The van der Waals surface area contributed by atoms with E-state index in [1.54, 1.807) is 6.07 Å². The monoisotopic (exact) mass is 296 g/mol. The van der Waals surface area contributed by atoms with Crippen LogP contribution in [0.15, 0.2) is 18.2 Å². The van der Waals surface area contributed by atoms with Gasteiger partial charge in [-0.2, -0.15) is 0 Å². The summed E-state index contributed by atoms with van der Waals surface area (Å²) in [6.45, 7) is 3.31. The summed E-state index contributed by atoms with van der Waals surface area (Å²) in [5, 5.41) is 23.9. The first kappa shape index (κ1) is 15.5. The van der Waals surface area contributed by atoms with Crippen LogP contribution >= 0.6 is 0 Å². The number of anilines is 1. The van der Waals surface area contributed by atoms with Gasteiger partial charge in [0.25, 0.3) is 5.69 Å². The summed E-state index contributed by atoms with van der Waals surface area (Å²) in [5.41, 5.74) is 0.0314. The first-order chi connectivity index (χ1) is 10.1. The molecule has 1 heterocycles. The van der Waals surface area contributed by atoms with Crippen LogP contribution in [-0.4, -0.2) is 42.0 Å². The molecule has 21 heavy (non-hydrogen) atoms. The Labute approximate surface area is 123 Å². The van der Waals surface area contributed by atoms with E-state index in [0.717, 1.165) is 0 Å². The zero-order valence-electron chi connectivity index (χ0n) is 12.0. The van der Waals surface area contributed by atoms with Gasteiger partial charge in [-0.3, -0.25) is 10.1 Å². The number of nitrogens with one attached hydrogen (secondary N) is 1. The van der Waals surface area contributed by atoms with Crippen molar-refractivity contribution in [3.63, 3.8) is 0 Å². The molecule has 0 aromatic heterocycles. The van der Waals surface area contributed by atoms with Crippen LogP contribution in [0.5, 0.6) is 5.75 Å². The van der Waals surface area contributed by atoms with Crippen LogP contribution in [0.25, 0.3) is 0 Å². The van der Waals surface area contributed by atoms with E-state index in [0.29, 0.717) is 44.1 Å². The molecule has 0 atom stereocenters. The Morgan fingerprint density at radius 3 is 2.71 bits per heavy atom. The maximum Gasteiger partial charge on any atom is 0.275 e. The molecule has 7 heteroatoms. The largest absolute Gasteiger partial charge is 0.494 e. The van der Waals surface area contributed by atoms with Gasteiger partial charge in [0.2, 0.25) is 0 Å². The molecule has 1 aromatic carbocycles. The second kappa shape index (κ2) is 6.73. The number of nitro benzene ring substituents is 1. The molecule has 0 aliphatic carbocycles. The van der Waals surface area contributed by atoms with E-state index in [1.807, 2.05) is 6.92 Å². The summed E-state index contributed by atoms with van der Waals surface area (Å²) < 4.78 is 10.7. The van der Waals surface area contributed by atoms with Gasteiger partial charge in [0, 0.05) is 31.0 Å². The number of hydrogen-bond donors (Lipinski definition) is 2. The summed E-state index contributed by atoms with van der Waals surface area (Å²) in [6, 6.07) is 4.56. The molecule has 0 bridgehead atoms. The molecule has 1 aromatic rings. The first-order valence-corrected chi connectivity index (χ1v) is 6.97. The van der Waals surface area contributed by atoms with Gasteiger partial charge in [0.1, 0.15) is 5.75 Å². The molecule has 7 nitrogen and oxygen atoms in total. The average Bonchev–Trinajstić information content (AvgIpc) is 2.48. The zero-order chi connectivity index (χ0) is 15.3. The van der Waals surface area contributed by atoms with Crippen molar-refractivity contribution in [3.8, 4) is 5.75 Å². The van der Waals surface area contributed by atoms with Crippen LogP contribution in [0.3, 0.4) is 0 Å². The number of non-ortho nitro benzene ring substituents is 1. The lowest BCUT2D eigenvalue weighted by molar-refractivity contribution is -0.384. The molecule has 1 aliphatic rings. The molecule has 0 saturated carbocycles. The SMILES string of the molecule is CCOc1cc(NC2(CO)CCOCC2)cc([N+](=O)[O-])c1. The fourth-order valence-corrected chi connectivity index (χ4v) is 2.40. The summed E-state index contributed by atoms with van der Waals surface area (Å²) >= 11 is 0. The number of nitro groups is 1. The molecule has 1 aliphatic heterocycles. The highest BCUT2D eigenvalue weighted by molar-refractivity contribution is 5.57. The molecule has 0 unspecified atom stereocenters. The Morgan fingerprint density at radius 2 is 2.14 bits per heavy atom. The molecule has 0 spiro atoms.